The van der Waals surface area contributed by atoms with Gasteiger partial charge in [-0.1, -0.05) is 56.3 Å². The minimum atomic E-state index is 0.761. The highest BCUT2D eigenvalue weighted by Gasteiger charge is 2.26. The van der Waals surface area contributed by atoms with Crippen LogP contribution >= 0.6 is 0 Å². The van der Waals surface area contributed by atoms with Gasteiger partial charge in [-0.2, -0.15) is 0 Å². The van der Waals surface area contributed by atoms with Crippen LogP contribution in [0.25, 0.3) is 0 Å². The number of hydrogen-bond donors (Lipinski definition) is 0. The molecule has 2 heterocycles. The molecule has 168 valence electrons. The molecule has 0 radical (unpaired) electrons. The van der Waals surface area contributed by atoms with E-state index in [1.54, 1.807) is 0 Å². The van der Waals surface area contributed by atoms with E-state index < -0.39 is 0 Å². The number of hydrogen-bond acceptors (Lipinski definition) is 3. The molecular formula is C28H40N2O. The fraction of sp³-hybridized carbons (Fsp3) is 0.571. The third-order valence-corrected chi connectivity index (χ3v) is 7.45. The molecule has 2 unspecified atom stereocenters. The predicted octanol–water partition coefficient (Wildman–Crippen LogP) is 5.28. The quantitative estimate of drug-likeness (QED) is 0.549. The van der Waals surface area contributed by atoms with Gasteiger partial charge in [0, 0.05) is 31.7 Å². The smallest absolute Gasteiger partial charge is 0.123 e. The minimum absolute atomic E-state index is 0.761. The van der Waals surface area contributed by atoms with Crippen molar-refractivity contribution in [3.05, 3.63) is 65.2 Å². The number of ether oxygens (including phenoxy) is 1. The van der Waals surface area contributed by atoms with Gasteiger partial charge >= 0.3 is 0 Å². The Kier molecular flexibility index (Phi) is 7.68. The Morgan fingerprint density at radius 2 is 1.74 bits per heavy atom. The number of methoxy groups -OCH3 is 1. The van der Waals surface area contributed by atoms with Crippen molar-refractivity contribution in [2.75, 3.05) is 39.8 Å². The molecule has 4 rings (SSSR count). The maximum atomic E-state index is 5.81. The van der Waals surface area contributed by atoms with Crippen molar-refractivity contribution in [3.8, 4) is 5.75 Å². The van der Waals surface area contributed by atoms with Crippen molar-refractivity contribution in [3.63, 3.8) is 0 Å². The monoisotopic (exact) mass is 420 g/mol. The minimum Gasteiger partial charge on any atom is -0.496 e. The van der Waals surface area contributed by atoms with Crippen molar-refractivity contribution in [1.82, 2.24) is 9.80 Å². The summed E-state index contributed by atoms with van der Waals surface area (Å²) in [6, 6.07) is 17.8. The van der Waals surface area contributed by atoms with Gasteiger partial charge in [0.1, 0.15) is 5.75 Å². The number of benzene rings is 2. The first-order valence-electron chi connectivity index (χ1n) is 12.2. The molecule has 0 bridgehead atoms. The van der Waals surface area contributed by atoms with E-state index >= 15 is 0 Å². The third kappa shape index (κ3) is 6.11. The van der Waals surface area contributed by atoms with Gasteiger partial charge in [-0.05, 0) is 73.7 Å². The fourth-order valence-corrected chi connectivity index (χ4v) is 5.39. The molecule has 3 heteroatoms. The molecule has 2 aromatic carbocycles. The summed E-state index contributed by atoms with van der Waals surface area (Å²) in [5.74, 6) is 3.46. The second-order valence-electron chi connectivity index (χ2n) is 10.1. The standard InChI is InChI=1S/C28H40N2O/c1-22(2)26-13-16-30(20-26)21-27-10-9-24(18-28(27)31-3)17-25-12-15-29(19-25)14-11-23-7-5-4-6-8-23/h4-10,18,22,25-26H,11-17,19-21H2,1-3H3. The molecule has 0 spiro atoms. The summed E-state index contributed by atoms with van der Waals surface area (Å²) < 4.78 is 5.81. The summed E-state index contributed by atoms with van der Waals surface area (Å²) in [5.41, 5.74) is 4.22. The van der Waals surface area contributed by atoms with Crippen LogP contribution in [0.4, 0.5) is 0 Å². The van der Waals surface area contributed by atoms with E-state index in [0.717, 1.165) is 42.9 Å². The Hall–Kier alpha value is -1.84. The number of rotatable bonds is 9. The van der Waals surface area contributed by atoms with Crippen molar-refractivity contribution < 1.29 is 4.74 Å². The molecular weight excluding hydrogens is 380 g/mol. The highest BCUT2D eigenvalue weighted by atomic mass is 16.5. The average Bonchev–Trinajstić information content (AvgIpc) is 3.44. The zero-order chi connectivity index (χ0) is 21.6. The zero-order valence-corrected chi connectivity index (χ0v) is 19.7. The molecule has 3 nitrogen and oxygen atoms in total. The molecule has 2 aliphatic rings. The Morgan fingerprint density at radius 1 is 0.935 bits per heavy atom. The first-order valence-corrected chi connectivity index (χ1v) is 12.2. The Bertz CT molecular complexity index is 819. The lowest BCUT2D eigenvalue weighted by Crippen LogP contribution is -2.23. The fourth-order valence-electron chi connectivity index (χ4n) is 5.39. The van der Waals surface area contributed by atoms with E-state index in [4.69, 9.17) is 4.74 Å². The first-order chi connectivity index (χ1) is 15.1. The molecule has 2 fully saturated rings. The van der Waals surface area contributed by atoms with Crippen LogP contribution in [0.1, 0.15) is 43.4 Å². The van der Waals surface area contributed by atoms with Crippen LogP contribution < -0.4 is 4.74 Å². The first kappa shape index (κ1) is 22.4. The molecule has 31 heavy (non-hydrogen) atoms. The predicted molar refractivity (Wildman–Crippen MR) is 130 cm³/mol. The Balaban J connectivity index is 1.28. The van der Waals surface area contributed by atoms with Gasteiger partial charge in [-0.3, -0.25) is 4.90 Å². The van der Waals surface area contributed by atoms with Crippen molar-refractivity contribution in [2.45, 2.75) is 46.1 Å². The Labute approximate surface area is 189 Å². The molecule has 2 aliphatic heterocycles. The van der Waals surface area contributed by atoms with Crippen LogP contribution in [-0.2, 0) is 19.4 Å². The normalized spacial score (nSPS) is 22.5. The average molecular weight is 421 g/mol. The highest BCUT2D eigenvalue weighted by Crippen LogP contribution is 2.29. The van der Waals surface area contributed by atoms with Crippen LogP contribution in [-0.4, -0.2) is 49.6 Å². The maximum absolute atomic E-state index is 5.81. The summed E-state index contributed by atoms with van der Waals surface area (Å²) in [6.07, 6.45) is 4.96. The zero-order valence-electron chi connectivity index (χ0n) is 19.7. The van der Waals surface area contributed by atoms with Crippen molar-refractivity contribution >= 4 is 0 Å². The van der Waals surface area contributed by atoms with Gasteiger partial charge in [-0.15, -0.1) is 0 Å². The van der Waals surface area contributed by atoms with E-state index in [9.17, 15) is 0 Å². The molecule has 0 amide bonds. The maximum Gasteiger partial charge on any atom is 0.123 e. The van der Waals surface area contributed by atoms with Gasteiger partial charge in [0.25, 0.3) is 0 Å². The van der Waals surface area contributed by atoms with Gasteiger partial charge < -0.3 is 9.64 Å². The second kappa shape index (κ2) is 10.7. The van der Waals surface area contributed by atoms with Gasteiger partial charge in [0.2, 0.25) is 0 Å². The molecule has 2 aromatic rings. The largest absolute Gasteiger partial charge is 0.496 e. The van der Waals surface area contributed by atoms with Crippen LogP contribution in [0.3, 0.4) is 0 Å². The van der Waals surface area contributed by atoms with Crippen LogP contribution in [0.5, 0.6) is 5.75 Å². The SMILES string of the molecule is COc1cc(CC2CCN(CCc3ccccc3)C2)ccc1CN1CCC(C(C)C)C1. The van der Waals surface area contributed by atoms with Gasteiger partial charge in [-0.25, -0.2) is 0 Å². The molecule has 0 aliphatic carbocycles. The highest BCUT2D eigenvalue weighted by molar-refractivity contribution is 5.38. The van der Waals surface area contributed by atoms with E-state index in [0.29, 0.717) is 0 Å². The molecule has 2 atom stereocenters. The number of nitrogens with zero attached hydrogens (tertiary/aromatic N) is 2. The summed E-state index contributed by atoms with van der Waals surface area (Å²) in [7, 11) is 1.82. The van der Waals surface area contributed by atoms with E-state index in [2.05, 4.69) is 72.2 Å². The van der Waals surface area contributed by atoms with Crippen LogP contribution in [0.2, 0.25) is 0 Å². The van der Waals surface area contributed by atoms with Gasteiger partial charge in [0.15, 0.2) is 0 Å². The van der Waals surface area contributed by atoms with E-state index in [1.165, 1.54) is 62.3 Å². The molecule has 0 saturated carbocycles. The van der Waals surface area contributed by atoms with Crippen LogP contribution in [0, 0.1) is 17.8 Å². The lowest BCUT2D eigenvalue weighted by molar-refractivity contribution is 0.291. The summed E-state index contributed by atoms with van der Waals surface area (Å²) >= 11 is 0. The lowest BCUT2D eigenvalue weighted by atomic mass is 9.95. The topological polar surface area (TPSA) is 15.7 Å². The lowest BCUT2D eigenvalue weighted by Gasteiger charge is -2.20. The summed E-state index contributed by atoms with van der Waals surface area (Å²) in [4.78, 5) is 5.24. The van der Waals surface area contributed by atoms with Crippen LogP contribution in [0.15, 0.2) is 48.5 Å². The van der Waals surface area contributed by atoms with E-state index in [1.807, 2.05) is 7.11 Å². The molecule has 2 saturated heterocycles. The molecule has 0 aromatic heterocycles. The number of likely N-dealkylation sites (tertiary alicyclic amines) is 2. The Morgan fingerprint density at radius 3 is 2.48 bits per heavy atom. The molecule has 0 N–H and O–H groups in total. The summed E-state index contributed by atoms with van der Waals surface area (Å²) in [6.45, 7) is 11.8. The summed E-state index contributed by atoms with van der Waals surface area (Å²) in [5, 5.41) is 0. The van der Waals surface area contributed by atoms with Gasteiger partial charge in [0.05, 0.1) is 7.11 Å². The van der Waals surface area contributed by atoms with Crippen molar-refractivity contribution in [1.29, 1.82) is 0 Å². The third-order valence-electron chi connectivity index (χ3n) is 7.45. The second-order valence-corrected chi connectivity index (χ2v) is 10.1. The van der Waals surface area contributed by atoms with E-state index in [-0.39, 0.29) is 0 Å². The van der Waals surface area contributed by atoms with Crippen molar-refractivity contribution in [2.24, 2.45) is 17.8 Å².